The van der Waals surface area contributed by atoms with Crippen LogP contribution in [-0.4, -0.2) is 36.2 Å². The summed E-state index contributed by atoms with van der Waals surface area (Å²) in [6.45, 7) is 6.47. The van der Waals surface area contributed by atoms with Gasteiger partial charge in [0, 0.05) is 30.8 Å². The van der Waals surface area contributed by atoms with Crippen molar-refractivity contribution < 1.29 is 4.74 Å². The van der Waals surface area contributed by atoms with Crippen LogP contribution in [0.5, 0.6) is 0 Å². The molecule has 5 nitrogen and oxygen atoms in total. The molecule has 2 N–H and O–H groups in total. The van der Waals surface area contributed by atoms with E-state index < -0.39 is 0 Å². The van der Waals surface area contributed by atoms with Gasteiger partial charge in [0.15, 0.2) is 5.96 Å². The minimum Gasteiger partial charge on any atom is -0.378 e. The molecule has 0 bridgehead atoms. The van der Waals surface area contributed by atoms with E-state index in [1.54, 1.807) is 0 Å². The molecule has 134 valence electrons. The molecule has 0 amide bonds. The Morgan fingerprint density at radius 2 is 2.21 bits per heavy atom. The maximum atomic E-state index is 5.93. The molecule has 3 rings (SSSR count). The van der Waals surface area contributed by atoms with Crippen LogP contribution in [-0.2, 0) is 11.3 Å². The molecule has 2 aliphatic rings. The van der Waals surface area contributed by atoms with Crippen molar-refractivity contribution in [3.63, 3.8) is 0 Å². The van der Waals surface area contributed by atoms with Crippen molar-refractivity contribution >= 4 is 29.9 Å². The average molecular weight is 444 g/mol. The molecule has 0 aromatic carbocycles. The van der Waals surface area contributed by atoms with Gasteiger partial charge in [-0.1, -0.05) is 12.5 Å². The summed E-state index contributed by atoms with van der Waals surface area (Å²) >= 11 is 0. The van der Waals surface area contributed by atoms with Gasteiger partial charge in [0.05, 0.1) is 18.3 Å². The first-order chi connectivity index (χ1) is 11.3. The Morgan fingerprint density at radius 1 is 1.38 bits per heavy atom. The van der Waals surface area contributed by atoms with Crippen LogP contribution in [0.3, 0.4) is 0 Å². The third kappa shape index (κ3) is 4.02. The number of guanidine groups is 1. The SMILES string of the molecule is CCNC(=NCc1ccccn1)NC1CC(OCC)C12CCC2.I. The summed E-state index contributed by atoms with van der Waals surface area (Å²) in [4.78, 5) is 9.03. The zero-order chi connectivity index (χ0) is 16.1. The third-order valence-corrected chi connectivity index (χ3v) is 5.22. The van der Waals surface area contributed by atoms with Crippen LogP contribution in [0.1, 0.15) is 45.2 Å². The summed E-state index contributed by atoms with van der Waals surface area (Å²) in [5.41, 5.74) is 1.33. The lowest BCUT2D eigenvalue weighted by atomic mass is 9.51. The second kappa shape index (κ2) is 8.99. The van der Waals surface area contributed by atoms with Crippen molar-refractivity contribution in [2.45, 2.75) is 58.2 Å². The largest absolute Gasteiger partial charge is 0.378 e. The number of halogens is 1. The molecule has 1 heterocycles. The highest BCUT2D eigenvalue weighted by Crippen LogP contribution is 2.57. The van der Waals surface area contributed by atoms with Crippen LogP contribution in [0.4, 0.5) is 0 Å². The summed E-state index contributed by atoms with van der Waals surface area (Å²) in [7, 11) is 0. The monoisotopic (exact) mass is 444 g/mol. The number of aromatic nitrogens is 1. The zero-order valence-electron chi connectivity index (χ0n) is 14.6. The molecule has 2 unspecified atom stereocenters. The summed E-state index contributed by atoms with van der Waals surface area (Å²) in [5, 5.41) is 6.99. The molecule has 0 saturated heterocycles. The summed E-state index contributed by atoms with van der Waals surface area (Å²) in [6.07, 6.45) is 7.19. The molecule has 6 heteroatoms. The standard InChI is InChI=1S/C18H28N4O.HI/c1-3-19-17(21-13-14-8-5-6-11-20-14)22-15-12-16(23-4-2)18(15)9-7-10-18;/h5-6,8,11,15-16H,3-4,7,9-10,12-13H2,1-2H3,(H2,19,21,22);1H. The summed E-state index contributed by atoms with van der Waals surface area (Å²) < 4.78 is 5.93. The van der Waals surface area contributed by atoms with Crippen molar-refractivity contribution in [2.75, 3.05) is 13.2 Å². The van der Waals surface area contributed by atoms with Crippen molar-refractivity contribution in [1.29, 1.82) is 0 Å². The van der Waals surface area contributed by atoms with Crippen LogP contribution in [0.15, 0.2) is 29.4 Å². The number of pyridine rings is 1. The lowest BCUT2D eigenvalue weighted by molar-refractivity contribution is -0.168. The first-order valence-electron chi connectivity index (χ1n) is 8.85. The highest BCUT2D eigenvalue weighted by atomic mass is 127. The van der Waals surface area contributed by atoms with Gasteiger partial charge in [0.1, 0.15) is 0 Å². The predicted molar refractivity (Wildman–Crippen MR) is 108 cm³/mol. The van der Waals surface area contributed by atoms with Crippen LogP contribution < -0.4 is 10.6 Å². The Balaban J connectivity index is 0.00000208. The normalized spacial score (nSPS) is 24.5. The second-order valence-electron chi connectivity index (χ2n) is 6.48. The first kappa shape index (κ1) is 19.4. The molecule has 1 aromatic heterocycles. The van der Waals surface area contributed by atoms with Crippen LogP contribution in [0.25, 0.3) is 0 Å². The molecule has 0 radical (unpaired) electrons. The molecule has 1 aromatic rings. The minimum absolute atomic E-state index is 0. The van der Waals surface area contributed by atoms with E-state index >= 15 is 0 Å². The number of hydrogen-bond donors (Lipinski definition) is 2. The quantitative estimate of drug-likeness (QED) is 0.402. The Labute approximate surface area is 162 Å². The number of hydrogen-bond acceptors (Lipinski definition) is 3. The summed E-state index contributed by atoms with van der Waals surface area (Å²) in [5.74, 6) is 0.893. The topological polar surface area (TPSA) is 58.5 Å². The maximum absolute atomic E-state index is 5.93. The van der Waals surface area contributed by atoms with Gasteiger partial charge in [-0.05, 0) is 45.2 Å². The lowest BCUT2D eigenvalue weighted by Crippen LogP contribution is -2.68. The fourth-order valence-electron chi connectivity index (χ4n) is 3.78. The van der Waals surface area contributed by atoms with Crippen LogP contribution in [0.2, 0.25) is 0 Å². The van der Waals surface area contributed by atoms with Crippen molar-refractivity contribution in [3.8, 4) is 0 Å². The molecule has 1 spiro atoms. The molecular formula is C18H29IN4O. The van der Waals surface area contributed by atoms with Gasteiger partial charge in [-0.15, -0.1) is 24.0 Å². The Morgan fingerprint density at radius 3 is 2.79 bits per heavy atom. The van der Waals surface area contributed by atoms with Gasteiger partial charge in [-0.2, -0.15) is 0 Å². The Kier molecular flexibility index (Phi) is 7.28. The van der Waals surface area contributed by atoms with Gasteiger partial charge < -0.3 is 15.4 Å². The van der Waals surface area contributed by atoms with E-state index in [-0.39, 0.29) is 24.0 Å². The van der Waals surface area contributed by atoms with Crippen LogP contribution >= 0.6 is 24.0 Å². The molecular weight excluding hydrogens is 415 g/mol. The zero-order valence-corrected chi connectivity index (χ0v) is 17.0. The number of nitrogens with zero attached hydrogens (tertiary/aromatic N) is 2. The fraction of sp³-hybridized carbons (Fsp3) is 0.667. The number of rotatable bonds is 6. The second-order valence-corrected chi connectivity index (χ2v) is 6.48. The molecule has 2 aliphatic carbocycles. The smallest absolute Gasteiger partial charge is 0.191 e. The van der Waals surface area contributed by atoms with Gasteiger partial charge in [0.2, 0.25) is 0 Å². The lowest BCUT2D eigenvalue weighted by Gasteiger charge is -2.61. The molecule has 24 heavy (non-hydrogen) atoms. The van der Waals surface area contributed by atoms with E-state index in [4.69, 9.17) is 9.73 Å². The van der Waals surface area contributed by atoms with Crippen molar-refractivity contribution in [3.05, 3.63) is 30.1 Å². The predicted octanol–water partition coefficient (Wildman–Crippen LogP) is 3.10. The van der Waals surface area contributed by atoms with Gasteiger partial charge in [0.25, 0.3) is 0 Å². The molecule has 2 saturated carbocycles. The minimum atomic E-state index is 0. The number of ether oxygens (including phenoxy) is 1. The first-order valence-corrected chi connectivity index (χ1v) is 8.85. The average Bonchev–Trinajstić information content (AvgIpc) is 2.51. The van der Waals surface area contributed by atoms with E-state index in [1.807, 2.05) is 24.4 Å². The van der Waals surface area contributed by atoms with Crippen LogP contribution in [0, 0.1) is 5.41 Å². The van der Waals surface area contributed by atoms with E-state index in [9.17, 15) is 0 Å². The Hall–Kier alpha value is -0.890. The highest BCUT2D eigenvalue weighted by molar-refractivity contribution is 14.0. The van der Waals surface area contributed by atoms with E-state index in [2.05, 4.69) is 29.5 Å². The number of nitrogens with one attached hydrogen (secondary N) is 2. The number of aliphatic imine (C=N–C) groups is 1. The van der Waals surface area contributed by atoms with E-state index in [0.29, 0.717) is 24.1 Å². The fourth-order valence-corrected chi connectivity index (χ4v) is 3.78. The van der Waals surface area contributed by atoms with E-state index in [0.717, 1.165) is 31.2 Å². The Bertz CT molecular complexity index is 533. The molecule has 0 aliphatic heterocycles. The highest BCUT2D eigenvalue weighted by Gasteiger charge is 2.59. The van der Waals surface area contributed by atoms with Gasteiger partial charge >= 0.3 is 0 Å². The molecule has 2 fully saturated rings. The van der Waals surface area contributed by atoms with Gasteiger partial charge in [-0.3, -0.25) is 4.98 Å². The van der Waals surface area contributed by atoms with Crippen molar-refractivity contribution in [2.24, 2.45) is 10.4 Å². The van der Waals surface area contributed by atoms with Crippen molar-refractivity contribution in [1.82, 2.24) is 15.6 Å². The van der Waals surface area contributed by atoms with Gasteiger partial charge in [-0.25, -0.2) is 4.99 Å². The maximum Gasteiger partial charge on any atom is 0.191 e. The summed E-state index contributed by atoms with van der Waals surface area (Å²) in [6, 6.07) is 6.42. The molecule has 2 atom stereocenters. The van der Waals surface area contributed by atoms with E-state index in [1.165, 1.54) is 19.3 Å². The third-order valence-electron chi connectivity index (χ3n) is 5.22.